The van der Waals surface area contributed by atoms with Crippen LogP contribution in [-0.2, 0) is 17.8 Å². The predicted octanol–water partition coefficient (Wildman–Crippen LogP) is 3.69. The number of hydrogen-bond donors (Lipinski definition) is 2. The number of phenols is 1. The minimum Gasteiger partial charge on any atom is -0.508 e. The number of hydrogen-bond acceptors (Lipinski definition) is 4. The Morgan fingerprint density at radius 1 is 1.26 bits per heavy atom. The van der Waals surface area contributed by atoms with E-state index in [0.717, 1.165) is 36.0 Å². The van der Waals surface area contributed by atoms with Crippen LogP contribution in [0.4, 0.5) is 0 Å². The number of carbonyl (C=O) groups excluding carboxylic acids is 1. The van der Waals surface area contributed by atoms with Crippen molar-refractivity contribution >= 4 is 12.6 Å². The van der Waals surface area contributed by atoms with Gasteiger partial charge in [-0.15, -0.1) is 0 Å². The molecule has 0 aromatic heterocycles. The number of fused-ring (bicyclic) bond motifs is 1. The van der Waals surface area contributed by atoms with E-state index in [1.54, 1.807) is 12.1 Å². The minimum atomic E-state index is 0.00499. The number of aromatic hydroxyl groups is 1. The first-order chi connectivity index (χ1) is 12.7. The lowest BCUT2D eigenvalue weighted by Crippen LogP contribution is -2.38. The lowest BCUT2D eigenvalue weighted by atomic mass is 9.96. The van der Waals surface area contributed by atoms with Crippen molar-refractivity contribution in [1.82, 2.24) is 10.2 Å². The largest absolute Gasteiger partial charge is 0.508 e. The Bertz CT molecular complexity index is 843. The molecule has 0 spiro atoms. The number of nitrogens with zero attached hydrogens (tertiary/aromatic N) is 2. The molecule has 0 radical (unpaired) electrons. The predicted molar refractivity (Wildman–Crippen MR) is 109 cm³/mol. The number of carbonyl (C=O) groups is 1. The van der Waals surface area contributed by atoms with Crippen LogP contribution < -0.4 is 5.32 Å². The van der Waals surface area contributed by atoms with Crippen molar-refractivity contribution in [2.24, 2.45) is 4.99 Å². The Kier molecular flexibility index (Phi) is 5.13. The Morgan fingerprint density at radius 3 is 2.56 bits per heavy atom. The molecule has 1 aliphatic carbocycles. The van der Waals surface area contributed by atoms with Crippen molar-refractivity contribution in [2.45, 2.75) is 59.0 Å². The highest BCUT2D eigenvalue weighted by Gasteiger charge is 2.38. The molecular weight excluding hydrogens is 338 g/mol. The van der Waals surface area contributed by atoms with Crippen molar-refractivity contribution in [3.05, 3.63) is 51.9 Å². The Balaban J connectivity index is 1.88. The van der Waals surface area contributed by atoms with Gasteiger partial charge in [-0.2, -0.15) is 0 Å². The molecule has 1 heterocycles. The zero-order valence-electron chi connectivity index (χ0n) is 16.7. The average Bonchev–Trinajstić information content (AvgIpc) is 3.36. The molecule has 1 aromatic rings. The minimum absolute atomic E-state index is 0.00499. The number of amides is 1. The second-order valence-electron chi connectivity index (χ2n) is 8.12. The summed E-state index contributed by atoms with van der Waals surface area (Å²) in [5.74, 6) is 0.932. The van der Waals surface area contributed by atoms with Crippen molar-refractivity contribution < 1.29 is 9.90 Å². The Labute approximate surface area is 161 Å². The van der Waals surface area contributed by atoms with Crippen LogP contribution in [0.5, 0.6) is 5.75 Å². The molecule has 27 heavy (non-hydrogen) atoms. The van der Waals surface area contributed by atoms with E-state index in [-0.39, 0.29) is 17.2 Å². The molecule has 0 bridgehead atoms. The standard InChI is InChI=1S/C22H29N3O2/c1-14(2)19(15(3)20(23-5)24-22(4)9-10-22)21(27)25-11-8-16-6-7-18(26)12-17(16)13-25/h6-7,12,24,26H,5,8-11,13H2,1-4H3/b20-15-. The van der Waals surface area contributed by atoms with Crippen LogP contribution in [0.1, 0.15) is 51.7 Å². The van der Waals surface area contributed by atoms with Gasteiger partial charge in [0.25, 0.3) is 5.91 Å². The van der Waals surface area contributed by atoms with E-state index in [1.807, 2.05) is 31.7 Å². The molecule has 2 N–H and O–H groups in total. The molecule has 5 heteroatoms. The highest BCUT2D eigenvalue weighted by Crippen LogP contribution is 2.36. The molecule has 0 atom stereocenters. The molecule has 5 nitrogen and oxygen atoms in total. The third-order valence-corrected chi connectivity index (χ3v) is 5.51. The summed E-state index contributed by atoms with van der Waals surface area (Å²) in [6, 6.07) is 5.40. The van der Waals surface area contributed by atoms with Gasteiger partial charge in [-0.3, -0.25) is 4.79 Å². The third-order valence-electron chi connectivity index (χ3n) is 5.51. The number of aliphatic imine (C=N–C) groups is 1. The maximum atomic E-state index is 13.4. The van der Waals surface area contributed by atoms with Crippen molar-refractivity contribution in [1.29, 1.82) is 0 Å². The van der Waals surface area contributed by atoms with E-state index in [0.29, 0.717) is 24.5 Å². The molecule has 1 aliphatic heterocycles. The molecule has 1 fully saturated rings. The second-order valence-corrected chi connectivity index (χ2v) is 8.12. The highest BCUT2D eigenvalue weighted by atomic mass is 16.3. The Hall–Kier alpha value is -2.56. The summed E-state index contributed by atoms with van der Waals surface area (Å²) in [4.78, 5) is 19.4. The van der Waals surface area contributed by atoms with Gasteiger partial charge in [-0.25, -0.2) is 4.99 Å². The van der Waals surface area contributed by atoms with E-state index >= 15 is 0 Å². The van der Waals surface area contributed by atoms with Gasteiger partial charge >= 0.3 is 0 Å². The molecule has 0 unspecified atom stereocenters. The SMILES string of the molecule is C=N/C(NC1(C)CC1)=C(\C)C(C(=O)N1CCc2ccc(O)cc2C1)=C(C)C. The normalized spacial score (nSPS) is 18.1. The number of rotatable bonds is 5. The molecule has 3 rings (SSSR count). The highest BCUT2D eigenvalue weighted by molar-refractivity contribution is 5.98. The van der Waals surface area contributed by atoms with E-state index in [9.17, 15) is 9.90 Å². The first kappa shape index (κ1) is 19.2. The number of nitrogens with one attached hydrogen (secondary N) is 1. The van der Waals surface area contributed by atoms with E-state index in [1.165, 1.54) is 5.56 Å². The van der Waals surface area contributed by atoms with Crippen molar-refractivity contribution in [3.8, 4) is 5.75 Å². The summed E-state index contributed by atoms with van der Waals surface area (Å²) in [5.41, 5.74) is 4.76. The fourth-order valence-electron chi connectivity index (χ4n) is 3.59. The maximum Gasteiger partial charge on any atom is 0.254 e. The summed E-state index contributed by atoms with van der Waals surface area (Å²) >= 11 is 0. The van der Waals surface area contributed by atoms with Gasteiger partial charge in [0.1, 0.15) is 11.6 Å². The van der Waals surface area contributed by atoms with Crippen LogP contribution in [0, 0.1) is 0 Å². The second kappa shape index (κ2) is 7.22. The molecule has 1 aromatic carbocycles. The summed E-state index contributed by atoms with van der Waals surface area (Å²) in [6.07, 6.45) is 3.00. The van der Waals surface area contributed by atoms with Crippen LogP contribution in [0.25, 0.3) is 0 Å². The zero-order chi connectivity index (χ0) is 19.8. The quantitative estimate of drug-likeness (QED) is 0.474. The third kappa shape index (κ3) is 4.07. The smallest absolute Gasteiger partial charge is 0.254 e. The topological polar surface area (TPSA) is 64.9 Å². The maximum absolute atomic E-state index is 13.4. The first-order valence-electron chi connectivity index (χ1n) is 9.48. The van der Waals surface area contributed by atoms with Gasteiger partial charge in [0.15, 0.2) is 0 Å². The molecular formula is C22H29N3O2. The van der Waals surface area contributed by atoms with Crippen molar-refractivity contribution in [2.75, 3.05) is 6.54 Å². The lowest BCUT2D eigenvalue weighted by molar-refractivity contribution is -0.127. The summed E-state index contributed by atoms with van der Waals surface area (Å²) < 4.78 is 0. The molecule has 0 saturated heterocycles. The van der Waals surface area contributed by atoms with E-state index in [4.69, 9.17) is 0 Å². The molecule has 1 amide bonds. The number of phenolic OH excluding ortho intramolecular Hbond substituents is 1. The van der Waals surface area contributed by atoms with Gasteiger partial charge in [0.2, 0.25) is 0 Å². The van der Waals surface area contributed by atoms with Gasteiger partial charge in [0.05, 0.1) is 0 Å². The van der Waals surface area contributed by atoms with Crippen LogP contribution in [-0.4, -0.2) is 34.7 Å². The van der Waals surface area contributed by atoms with Crippen LogP contribution in [0.2, 0.25) is 0 Å². The number of allylic oxidation sites excluding steroid dienone is 1. The van der Waals surface area contributed by atoms with Gasteiger partial charge in [0, 0.05) is 29.8 Å². The fourth-order valence-corrected chi connectivity index (χ4v) is 3.59. The monoisotopic (exact) mass is 367 g/mol. The fraction of sp³-hybridized carbons (Fsp3) is 0.455. The molecule has 1 saturated carbocycles. The van der Waals surface area contributed by atoms with Crippen LogP contribution in [0.3, 0.4) is 0 Å². The van der Waals surface area contributed by atoms with E-state index < -0.39 is 0 Å². The average molecular weight is 367 g/mol. The van der Waals surface area contributed by atoms with Gasteiger partial charge < -0.3 is 15.3 Å². The first-order valence-corrected chi connectivity index (χ1v) is 9.48. The summed E-state index contributed by atoms with van der Waals surface area (Å²) in [6.45, 7) is 12.9. The van der Waals surface area contributed by atoms with Crippen molar-refractivity contribution in [3.63, 3.8) is 0 Å². The summed E-state index contributed by atoms with van der Waals surface area (Å²) in [5, 5.41) is 13.2. The van der Waals surface area contributed by atoms with Crippen LogP contribution >= 0.6 is 0 Å². The molecule has 144 valence electrons. The number of benzene rings is 1. The summed E-state index contributed by atoms with van der Waals surface area (Å²) in [7, 11) is 0. The molecule has 2 aliphatic rings. The van der Waals surface area contributed by atoms with E-state index in [2.05, 4.69) is 24.0 Å². The van der Waals surface area contributed by atoms with Gasteiger partial charge in [-0.05, 0) is 76.9 Å². The van der Waals surface area contributed by atoms with Crippen LogP contribution in [0.15, 0.2) is 45.7 Å². The zero-order valence-corrected chi connectivity index (χ0v) is 16.7. The lowest BCUT2D eigenvalue weighted by Gasteiger charge is -2.31. The van der Waals surface area contributed by atoms with Gasteiger partial charge in [-0.1, -0.05) is 11.6 Å². The Morgan fingerprint density at radius 2 is 1.96 bits per heavy atom.